The fourth-order valence-electron chi connectivity index (χ4n) is 5.89. The van der Waals surface area contributed by atoms with Gasteiger partial charge in [-0.25, -0.2) is 31.7 Å². The van der Waals surface area contributed by atoms with Crippen molar-refractivity contribution in [3.05, 3.63) is 41.1 Å². The molecule has 5 rings (SSSR count). The summed E-state index contributed by atoms with van der Waals surface area (Å²) in [5.41, 5.74) is 0.302. The van der Waals surface area contributed by atoms with E-state index in [0.717, 1.165) is 0 Å². The Morgan fingerprint density at radius 2 is 1.93 bits per heavy atom. The molecule has 2 fully saturated rings. The SMILES string of the molecule is Cc1nonc1C(=O)NCc1cn2ncc(C3(C(=O)NCC(C)(F)F)CCOCC3C3CCC(F)(F)CC3)cc2n1. The van der Waals surface area contributed by atoms with Gasteiger partial charge in [0.05, 0.1) is 43.2 Å². The lowest BCUT2D eigenvalue weighted by atomic mass is 9.60. The Morgan fingerprint density at radius 3 is 2.61 bits per heavy atom. The molecule has 2 aliphatic rings. The number of carbonyl (C=O) groups is 2. The molecule has 0 spiro atoms. The van der Waals surface area contributed by atoms with E-state index in [-0.39, 0.29) is 63.5 Å². The number of fused-ring (bicyclic) bond motifs is 1. The van der Waals surface area contributed by atoms with Crippen molar-refractivity contribution >= 4 is 17.5 Å². The number of aromatic nitrogens is 5. The highest BCUT2D eigenvalue weighted by molar-refractivity contribution is 5.93. The molecular formula is C26H31F4N7O4. The Bertz CT molecular complexity index is 1410. The first-order valence-electron chi connectivity index (χ1n) is 13.4. The lowest BCUT2D eigenvalue weighted by Gasteiger charge is -2.47. The van der Waals surface area contributed by atoms with E-state index in [0.29, 0.717) is 29.5 Å². The van der Waals surface area contributed by atoms with E-state index < -0.39 is 41.5 Å². The fraction of sp³-hybridized carbons (Fsp3) is 0.615. The Hall–Kier alpha value is -3.62. The minimum atomic E-state index is -3.14. The summed E-state index contributed by atoms with van der Waals surface area (Å²) < 4.78 is 67.3. The average Bonchev–Trinajstić information content (AvgIpc) is 3.55. The number of alkyl halides is 4. The number of hydrogen-bond acceptors (Lipinski definition) is 8. The van der Waals surface area contributed by atoms with Crippen molar-refractivity contribution in [2.45, 2.75) is 69.8 Å². The van der Waals surface area contributed by atoms with E-state index in [4.69, 9.17) is 4.74 Å². The number of rotatable bonds is 8. The maximum Gasteiger partial charge on any atom is 0.275 e. The van der Waals surface area contributed by atoms with Crippen molar-refractivity contribution < 1.29 is 36.5 Å². The van der Waals surface area contributed by atoms with Crippen molar-refractivity contribution in [2.24, 2.45) is 11.8 Å². The molecular weight excluding hydrogens is 550 g/mol. The summed E-state index contributed by atoms with van der Waals surface area (Å²) in [6.07, 6.45) is 3.00. The first-order chi connectivity index (χ1) is 19.4. The lowest BCUT2D eigenvalue weighted by Crippen LogP contribution is -2.57. The third kappa shape index (κ3) is 6.04. The maximum absolute atomic E-state index is 14.0. The highest BCUT2D eigenvalue weighted by Gasteiger charge is 2.54. The smallest absolute Gasteiger partial charge is 0.275 e. The second-order valence-corrected chi connectivity index (χ2v) is 11.0. The van der Waals surface area contributed by atoms with Crippen LogP contribution in [0.4, 0.5) is 17.6 Å². The molecule has 15 heteroatoms. The zero-order valence-corrected chi connectivity index (χ0v) is 22.6. The molecule has 0 aromatic carbocycles. The van der Waals surface area contributed by atoms with Crippen molar-refractivity contribution in [3.63, 3.8) is 0 Å². The normalized spacial score (nSPS) is 23.4. The number of carbonyl (C=O) groups excluding carboxylic acids is 2. The van der Waals surface area contributed by atoms with Crippen LogP contribution in [0.1, 0.15) is 66.5 Å². The summed E-state index contributed by atoms with van der Waals surface area (Å²) in [7, 11) is 0. The largest absolute Gasteiger partial charge is 0.381 e. The number of ether oxygens (including phenoxy) is 1. The molecule has 0 bridgehead atoms. The number of nitrogens with one attached hydrogen (secondary N) is 2. The van der Waals surface area contributed by atoms with Crippen LogP contribution >= 0.6 is 0 Å². The monoisotopic (exact) mass is 581 g/mol. The first-order valence-corrected chi connectivity index (χ1v) is 13.4. The zero-order chi connectivity index (χ0) is 29.4. The van der Waals surface area contributed by atoms with E-state index in [1.165, 1.54) is 10.7 Å². The molecule has 222 valence electrons. The van der Waals surface area contributed by atoms with Gasteiger partial charge in [0, 0.05) is 32.3 Å². The predicted molar refractivity (Wildman–Crippen MR) is 134 cm³/mol. The number of amides is 2. The molecule has 3 aromatic heterocycles. The molecule has 0 radical (unpaired) electrons. The van der Waals surface area contributed by atoms with Crippen LogP contribution in [0, 0.1) is 18.8 Å². The molecule has 4 heterocycles. The summed E-state index contributed by atoms with van der Waals surface area (Å²) in [4.78, 5) is 30.7. The van der Waals surface area contributed by atoms with Crippen LogP contribution in [0.25, 0.3) is 5.65 Å². The van der Waals surface area contributed by atoms with Gasteiger partial charge in [0.25, 0.3) is 11.8 Å². The van der Waals surface area contributed by atoms with Crippen molar-refractivity contribution in [1.82, 2.24) is 35.5 Å². The van der Waals surface area contributed by atoms with Crippen molar-refractivity contribution in [2.75, 3.05) is 19.8 Å². The van der Waals surface area contributed by atoms with Gasteiger partial charge in [-0.2, -0.15) is 5.10 Å². The third-order valence-corrected chi connectivity index (χ3v) is 8.05. The van der Waals surface area contributed by atoms with Crippen molar-refractivity contribution in [1.29, 1.82) is 0 Å². The molecule has 2 amide bonds. The molecule has 41 heavy (non-hydrogen) atoms. The quantitative estimate of drug-likeness (QED) is 0.387. The van der Waals surface area contributed by atoms with E-state index in [2.05, 4.69) is 35.7 Å². The van der Waals surface area contributed by atoms with Gasteiger partial charge in [-0.05, 0) is 48.9 Å². The third-order valence-electron chi connectivity index (χ3n) is 8.05. The highest BCUT2D eigenvalue weighted by atomic mass is 19.3. The van der Waals surface area contributed by atoms with Crippen LogP contribution in [0.5, 0.6) is 0 Å². The van der Waals surface area contributed by atoms with Gasteiger partial charge in [-0.3, -0.25) is 9.59 Å². The minimum absolute atomic E-state index is 0.0355. The Labute approximate surface area is 232 Å². The Balaban J connectivity index is 1.46. The average molecular weight is 582 g/mol. The van der Waals surface area contributed by atoms with Crippen molar-refractivity contribution in [3.8, 4) is 0 Å². The molecule has 1 aliphatic carbocycles. The Kier molecular flexibility index (Phi) is 7.74. The summed E-state index contributed by atoms with van der Waals surface area (Å²) in [6, 6.07) is 1.66. The molecule has 11 nitrogen and oxygen atoms in total. The van der Waals surface area contributed by atoms with Gasteiger partial charge in [0.2, 0.25) is 11.8 Å². The van der Waals surface area contributed by atoms with Gasteiger partial charge in [-0.15, -0.1) is 0 Å². The number of halogens is 4. The maximum atomic E-state index is 14.0. The summed E-state index contributed by atoms with van der Waals surface area (Å²) in [5.74, 6) is -7.84. The van der Waals surface area contributed by atoms with Crippen LogP contribution in [0.3, 0.4) is 0 Å². The molecule has 3 aromatic rings. The van der Waals surface area contributed by atoms with E-state index in [9.17, 15) is 27.2 Å². The van der Waals surface area contributed by atoms with E-state index in [1.54, 1.807) is 19.2 Å². The summed E-state index contributed by atoms with van der Waals surface area (Å²) >= 11 is 0. The van der Waals surface area contributed by atoms with Gasteiger partial charge in [-0.1, -0.05) is 5.16 Å². The second-order valence-electron chi connectivity index (χ2n) is 11.0. The number of hydrogen-bond donors (Lipinski definition) is 2. The van der Waals surface area contributed by atoms with Crippen LogP contribution in [-0.2, 0) is 21.5 Å². The van der Waals surface area contributed by atoms with Crippen LogP contribution in [-0.4, -0.2) is 68.3 Å². The molecule has 2 atom stereocenters. The molecule has 1 saturated carbocycles. The van der Waals surface area contributed by atoms with Crippen LogP contribution < -0.4 is 10.6 Å². The molecule has 1 saturated heterocycles. The molecule has 2 N–H and O–H groups in total. The van der Waals surface area contributed by atoms with Crippen LogP contribution in [0.2, 0.25) is 0 Å². The highest BCUT2D eigenvalue weighted by Crippen LogP contribution is 2.49. The predicted octanol–water partition coefficient (Wildman–Crippen LogP) is 3.22. The van der Waals surface area contributed by atoms with Gasteiger partial charge in [0.15, 0.2) is 11.3 Å². The standard InChI is InChI=1S/C26H31F4N7O4/c1-15-21(36-41-35-15)22(38)31-11-18-12-37-20(34-18)9-17(10-33-37)26(23(39)32-14-24(2,27)28)7-8-40-13-19(26)16-3-5-25(29,30)6-4-16/h9-10,12,16,19H,3-8,11,13-14H2,1-2H3,(H,31,38)(H,32,39). The lowest BCUT2D eigenvalue weighted by molar-refractivity contribution is -0.141. The molecule has 2 unspecified atom stereocenters. The van der Waals surface area contributed by atoms with Gasteiger partial charge in [0.1, 0.15) is 5.69 Å². The summed E-state index contributed by atoms with van der Waals surface area (Å²) in [5, 5.41) is 16.7. The minimum Gasteiger partial charge on any atom is -0.381 e. The van der Waals surface area contributed by atoms with E-state index >= 15 is 0 Å². The Morgan fingerprint density at radius 1 is 1.17 bits per heavy atom. The molecule has 1 aliphatic heterocycles. The zero-order valence-electron chi connectivity index (χ0n) is 22.6. The number of imidazole rings is 1. The first kappa shape index (κ1) is 28.9. The van der Waals surface area contributed by atoms with Gasteiger partial charge >= 0.3 is 0 Å². The fourth-order valence-corrected chi connectivity index (χ4v) is 5.89. The topological polar surface area (TPSA) is 137 Å². The van der Waals surface area contributed by atoms with Gasteiger partial charge < -0.3 is 15.4 Å². The summed E-state index contributed by atoms with van der Waals surface area (Å²) in [6.45, 7) is 1.77. The number of aryl methyl sites for hydroxylation is 1. The number of nitrogens with zero attached hydrogens (tertiary/aromatic N) is 5. The van der Waals surface area contributed by atoms with Crippen LogP contribution in [0.15, 0.2) is 23.1 Å². The second kappa shape index (κ2) is 11.0. The van der Waals surface area contributed by atoms with E-state index in [1.807, 2.05) is 0 Å².